The number of hydrogen-bond donors (Lipinski definition) is 1. The third-order valence-corrected chi connectivity index (χ3v) is 3.02. The first-order valence-electron chi connectivity index (χ1n) is 6.08. The lowest BCUT2D eigenvalue weighted by Crippen LogP contribution is -2.36. The van der Waals surface area contributed by atoms with Gasteiger partial charge in [-0.15, -0.1) is 0 Å². The molecule has 0 amide bonds. The van der Waals surface area contributed by atoms with Gasteiger partial charge in [-0.2, -0.15) is 27.2 Å². The zero-order valence-electron chi connectivity index (χ0n) is 11.6. The third-order valence-electron chi connectivity index (χ3n) is 2.80. The minimum Gasteiger partial charge on any atom is -0.446 e. The van der Waals surface area contributed by atoms with E-state index in [1.807, 2.05) is 0 Å². The lowest BCUT2D eigenvalue weighted by atomic mass is 10.2. The average Bonchev–Trinajstić information content (AvgIpc) is 2.51. The van der Waals surface area contributed by atoms with Crippen molar-refractivity contribution in [3.05, 3.63) is 50.9 Å². The van der Waals surface area contributed by atoms with E-state index in [2.05, 4.69) is 9.72 Å². The van der Waals surface area contributed by atoms with Gasteiger partial charge in [0, 0.05) is 11.1 Å². The van der Waals surface area contributed by atoms with Gasteiger partial charge in [-0.1, -0.05) is 11.6 Å². The molecule has 2 rings (SSSR count). The summed E-state index contributed by atoms with van der Waals surface area (Å²) >= 11 is 5.58. The topological polar surface area (TPSA) is 78.8 Å². The van der Waals surface area contributed by atoms with Gasteiger partial charge in [0.2, 0.25) is 5.75 Å². The van der Waals surface area contributed by atoms with Crippen molar-refractivity contribution in [1.29, 1.82) is 5.26 Å². The minimum atomic E-state index is -6.09. The van der Waals surface area contributed by atoms with Gasteiger partial charge in [-0.3, -0.25) is 4.79 Å². The number of halogens is 7. The summed E-state index contributed by atoms with van der Waals surface area (Å²) in [6.07, 6.45) is -5.78. The fourth-order valence-corrected chi connectivity index (χ4v) is 1.88. The second kappa shape index (κ2) is 6.29. The first-order chi connectivity index (χ1) is 11.5. The van der Waals surface area contributed by atoms with E-state index in [4.69, 9.17) is 16.9 Å². The van der Waals surface area contributed by atoms with Gasteiger partial charge in [0.05, 0.1) is 11.9 Å². The SMILES string of the molecule is N#Cc1cc(Cl)cc(Oc2c(C(F)(F)C(F)(F)F)nc[nH]c2=O)c1F. The summed E-state index contributed by atoms with van der Waals surface area (Å²) in [5, 5.41) is 8.45. The molecule has 0 unspecified atom stereocenters. The fourth-order valence-electron chi connectivity index (χ4n) is 1.67. The number of nitrogens with zero attached hydrogens (tertiary/aromatic N) is 2. The number of aromatic amines is 1. The summed E-state index contributed by atoms with van der Waals surface area (Å²) in [7, 11) is 0. The molecule has 0 aliphatic heterocycles. The molecule has 1 aromatic heterocycles. The van der Waals surface area contributed by atoms with Crippen molar-refractivity contribution >= 4 is 11.6 Å². The number of rotatable bonds is 3. The molecule has 0 aliphatic rings. The zero-order valence-corrected chi connectivity index (χ0v) is 12.3. The van der Waals surface area contributed by atoms with Gasteiger partial charge in [0.25, 0.3) is 5.56 Å². The molecule has 5 nitrogen and oxygen atoms in total. The number of nitrogens with one attached hydrogen (secondary N) is 1. The first kappa shape index (κ1) is 18.6. The van der Waals surface area contributed by atoms with E-state index < -0.39 is 46.2 Å². The summed E-state index contributed by atoms with van der Waals surface area (Å²) in [5.41, 5.74) is -4.26. The van der Waals surface area contributed by atoms with E-state index in [-0.39, 0.29) is 5.02 Å². The average molecular weight is 384 g/mol. The molecule has 0 bridgehead atoms. The normalized spacial score (nSPS) is 11.9. The standard InChI is InChI=1S/C13H4ClF6N3O2/c14-6-1-5(3-21)8(15)7(2-6)25-9-10(22-4-23-11(9)24)12(16,17)13(18,19)20/h1-2,4H,(H,22,23,24). The van der Waals surface area contributed by atoms with E-state index >= 15 is 0 Å². The van der Waals surface area contributed by atoms with Gasteiger partial charge < -0.3 is 9.72 Å². The van der Waals surface area contributed by atoms with Crippen LogP contribution in [0.5, 0.6) is 11.5 Å². The predicted molar refractivity (Wildman–Crippen MR) is 71.0 cm³/mol. The van der Waals surface area contributed by atoms with Crippen molar-refractivity contribution in [3.63, 3.8) is 0 Å². The molecule has 1 aromatic carbocycles. The zero-order chi connectivity index (χ0) is 19.0. The minimum absolute atomic E-state index is 0.280. The van der Waals surface area contributed by atoms with E-state index in [0.717, 1.165) is 6.07 Å². The second-order valence-electron chi connectivity index (χ2n) is 4.46. The third kappa shape index (κ3) is 3.39. The molecule has 0 radical (unpaired) electrons. The Labute approximate surface area is 139 Å². The number of nitriles is 1. The Kier molecular flexibility index (Phi) is 4.68. The molecule has 0 fully saturated rings. The van der Waals surface area contributed by atoms with E-state index in [1.54, 1.807) is 4.98 Å². The summed E-state index contributed by atoms with van der Waals surface area (Å²) < 4.78 is 83.2. The van der Waals surface area contributed by atoms with Crippen LogP contribution >= 0.6 is 11.6 Å². The number of hydrogen-bond acceptors (Lipinski definition) is 4. The maximum atomic E-state index is 14.0. The summed E-state index contributed by atoms with van der Waals surface area (Å²) in [6.45, 7) is 0. The number of alkyl halides is 5. The first-order valence-corrected chi connectivity index (χ1v) is 6.46. The highest BCUT2D eigenvalue weighted by molar-refractivity contribution is 6.30. The van der Waals surface area contributed by atoms with Crippen LogP contribution in [0.1, 0.15) is 11.3 Å². The van der Waals surface area contributed by atoms with E-state index in [0.29, 0.717) is 12.4 Å². The second-order valence-corrected chi connectivity index (χ2v) is 4.90. The van der Waals surface area contributed by atoms with Crippen LogP contribution in [0.25, 0.3) is 0 Å². The van der Waals surface area contributed by atoms with E-state index in [9.17, 15) is 31.1 Å². The van der Waals surface area contributed by atoms with E-state index in [1.165, 1.54) is 6.07 Å². The van der Waals surface area contributed by atoms with Gasteiger partial charge in [0.1, 0.15) is 6.07 Å². The molecule has 2 aromatic rings. The van der Waals surface area contributed by atoms with Crippen LogP contribution in [-0.4, -0.2) is 16.1 Å². The highest BCUT2D eigenvalue weighted by Gasteiger charge is 2.61. The summed E-state index contributed by atoms with van der Waals surface area (Å²) in [5.74, 6) is -9.54. The maximum Gasteiger partial charge on any atom is 0.459 e. The van der Waals surface area contributed by atoms with Crippen LogP contribution in [0.15, 0.2) is 23.3 Å². The highest BCUT2D eigenvalue weighted by atomic mass is 35.5. The molecule has 0 aliphatic carbocycles. The lowest BCUT2D eigenvalue weighted by Gasteiger charge is -2.20. The monoisotopic (exact) mass is 383 g/mol. The molecular formula is C13H4ClF6N3O2. The van der Waals surface area contributed by atoms with Crippen molar-refractivity contribution < 1.29 is 31.1 Å². The van der Waals surface area contributed by atoms with Crippen molar-refractivity contribution in [2.24, 2.45) is 0 Å². The fraction of sp³-hybridized carbons (Fsp3) is 0.154. The molecule has 1 heterocycles. The molecule has 0 saturated carbocycles. The highest BCUT2D eigenvalue weighted by Crippen LogP contribution is 2.46. The summed E-state index contributed by atoms with van der Waals surface area (Å²) in [6, 6.07) is 2.93. The van der Waals surface area contributed by atoms with Crippen LogP contribution in [-0.2, 0) is 5.92 Å². The van der Waals surface area contributed by atoms with Gasteiger partial charge >= 0.3 is 12.1 Å². The number of H-pyrrole nitrogens is 1. The van der Waals surface area contributed by atoms with Crippen LogP contribution in [0.2, 0.25) is 5.02 Å². The van der Waals surface area contributed by atoms with Crippen molar-refractivity contribution in [1.82, 2.24) is 9.97 Å². The number of aromatic nitrogens is 2. The Hall–Kier alpha value is -2.74. The maximum absolute atomic E-state index is 14.0. The Bertz CT molecular complexity index is 919. The Balaban J connectivity index is 2.66. The Morgan fingerprint density at radius 2 is 1.88 bits per heavy atom. The van der Waals surface area contributed by atoms with Crippen LogP contribution in [0, 0.1) is 17.1 Å². The van der Waals surface area contributed by atoms with Gasteiger partial charge in [0.15, 0.2) is 17.3 Å². The predicted octanol–water partition coefficient (Wildman–Crippen LogP) is 3.88. The van der Waals surface area contributed by atoms with Gasteiger partial charge in [-0.05, 0) is 6.07 Å². The van der Waals surface area contributed by atoms with Crippen LogP contribution in [0.3, 0.4) is 0 Å². The lowest BCUT2D eigenvalue weighted by molar-refractivity contribution is -0.291. The Morgan fingerprint density at radius 1 is 1.24 bits per heavy atom. The Morgan fingerprint density at radius 3 is 2.44 bits per heavy atom. The smallest absolute Gasteiger partial charge is 0.446 e. The number of benzene rings is 1. The van der Waals surface area contributed by atoms with Crippen LogP contribution < -0.4 is 10.3 Å². The van der Waals surface area contributed by atoms with Crippen molar-refractivity contribution in [3.8, 4) is 17.6 Å². The quantitative estimate of drug-likeness (QED) is 0.816. The molecule has 12 heteroatoms. The van der Waals surface area contributed by atoms with Gasteiger partial charge in [-0.25, -0.2) is 9.37 Å². The molecule has 132 valence electrons. The molecule has 0 saturated heterocycles. The van der Waals surface area contributed by atoms with Crippen LogP contribution in [0.4, 0.5) is 26.3 Å². The van der Waals surface area contributed by atoms with Crippen molar-refractivity contribution in [2.45, 2.75) is 12.1 Å². The molecule has 25 heavy (non-hydrogen) atoms. The molecule has 1 N–H and O–H groups in total. The molecular weight excluding hydrogens is 380 g/mol. The largest absolute Gasteiger partial charge is 0.459 e. The number of ether oxygens (including phenoxy) is 1. The molecule has 0 spiro atoms. The van der Waals surface area contributed by atoms with Crippen molar-refractivity contribution in [2.75, 3.05) is 0 Å². The molecule has 0 atom stereocenters. The summed E-state index contributed by atoms with van der Waals surface area (Å²) in [4.78, 5) is 16.2.